The van der Waals surface area contributed by atoms with Gasteiger partial charge in [-0.05, 0) is 19.4 Å². The molecule has 9 heteroatoms. The molecule has 2 N–H and O–H groups in total. The second kappa shape index (κ2) is 9.41. The average Bonchev–Trinajstić information content (AvgIpc) is 3.00. The molecule has 0 aliphatic carbocycles. The smallest absolute Gasteiger partial charge is 0.348 e. The first-order valence-electron chi connectivity index (χ1n) is 9.25. The minimum absolute atomic E-state index is 0.304. The molecule has 2 aromatic rings. The Morgan fingerprint density at radius 1 is 1.33 bits per heavy atom. The molecule has 0 atom stereocenters. The number of aryl methyl sites for hydroxylation is 1. The third-order valence-corrected chi connectivity index (χ3v) is 5.67. The number of fused-ring (bicyclic) bond motifs is 1. The Bertz CT molecular complexity index is 789. The molecule has 2 aromatic heterocycles. The van der Waals surface area contributed by atoms with Crippen molar-refractivity contribution in [2.24, 2.45) is 0 Å². The Morgan fingerprint density at radius 2 is 2.11 bits per heavy atom. The number of methoxy groups -OCH3 is 1. The molecule has 3 heterocycles. The highest BCUT2D eigenvalue weighted by atomic mass is 32.1. The van der Waals surface area contributed by atoms with Gasteiger partial charge in [0.1, 0.15) is 35.2 Å². The standard InChI is InChI=1S/C18H26N4O4S/c1-4-26-18(23)15-12(2)14-16(19-5-8-24-3)20-13(21-17(14)27-15)11-22-6-9-25-10-7-22/h4-11H2,1-3H3,(H,19,20,21)/p+1. The number of rotatable bonds is 8. The fourth-order valence-electron chi connectivity index (χ4n) is 3.11. The quantitative estimate of drug-likeness (QED) is 0.501. The molecular formula is C18H27N4O4S+. The van der Waals surface area contributed by atoms with Crippen LogP contribution in [0.15, 0.2) is 0 Å². The Hall–Kier alpha value is -1.81. The number of morpholine rings is 1. The van der Waals surface area contributed by atoms with Crippen LogP contribution >= 0.6 is 11.3 Å². The van der Waals surface area contributed by atoms with Crippen molar-refractivity contribution in [1.82, 2.24) is 9.97 Å². The van der Waals surface area contributed by atoms with E-state index in [9.17, 15) is 4.79 Å². The molecule has 8 nitrogen and oxygen atoms in total. The number of thiophene rings is 1. The summed E-state index contributed by atoms with van der Waals surface area (Å²) in [4.78, 5) is 24.6. The van der Waals surface area contributed by atoms with Crippen LogP contribution in [-0.4, -0.2) is 69.1 Å². The van der Waals surface area contributed by atoms with Crippen LogP contribution in [0.5, 0.6) is 0 Å². The van der Waals surface area contributed by atoms with Gasteiger partial charge in [0.05, 0.1) is 31.8 Å². The number of ether oxygens (including phenoxy) is 3. The highest BCUT2D eigenvalue weighted by Gasteiger charge is 2.23. The van der Waals surface area contributed by atoms with E-state index in [4.69, 9.17) is 24.2 Å². The van der Waals surface area contributed by atoms with Gasteiger partial charge >= 0.3 is 5.97 Å². The predicted molar refractivity (Wildman–Crippen MR) is 104 cm³/mol. The molecule has 0 unspecified atom stereocenters. The first-order chi connectivity index (χ1) is 13.1. The first kappa shape index (κ1) is 19.9. The van der Waals surface area contributed by atoms with Crippen molar-refractivity contribution >= 4 is 33.3 Å². The van der Waals surface area contributed by atoms with Crippen LogP contribution in [0.2, 0.25) is 0 Å². The van der Waals surface area contributed by atoms with Crippen LogP contribution in [0.4, 0.5) is 5.82 Å². The normalized spacial score (nSPS) is 15.2. The van der Waals surface area contributed by atoms with E-state index in [0.29, 0.717) is 24.6 Å². The average molecular weight is 396 g/mol. The third kappa shape index (κ3) is 4.73. The van der Waals surface area contributed by atoms with Gasteiger partial charge in [0, 0.05) is 13.7 Å². The Morgan fingerprint density at radius 3 is 2.81 bits per heavy atom. The zero-order chi connectivity index (χ0) is 19.2. The van der Waals surface area contributed by atoms with Crippen molar-refractivity contribution in [2.75, 3.05) is 58.5 Å². The fourth-order valence-corrected chi connectivity index (χ4v) is 4.21. The lowest BCUT2D eigenvalue weighted by Crippen LogP contribution is -3.12. The number of quaternary nitrogens is 1. The summed E-state index contributed by atoms with van der Waals surface area (Å²) in [6, 6.07) is 0. The second-order valence-electron chi connectivity index (χ2n) is 6.40. The van der Waals surface area contributed by atoms with Crippen molar-refractivity contribution in [2.45, 2.75) is 20.4 Å². The minimum atomic E-state index is -0.304. The molecule has 1 aliphatic heterocycles. The number of carbonyl (C=O) groups is 1. The van der Waals surface area contributed by atoms with Crippen LogP contribution in [0.3, 0.4) is 0 Å². The van der Waals surface area contributed by atoms with Crippen molar-refractivity contribution in [3.63, 3.8) is 0 Å². The maximum atomic E-state index is 12.3. The van der Waals surface area contributed by atoms with Crippen LogP contribution in [-0.2, 0) is 20.8 Å². The van der Waals surface area contributed by atoms with Crippen LogP contribution in [0.25, 0.3) is 10.2 Å². The Labute approximate surface area is 162 Å². The van der Waals surface area contributed by atoms with Gasteiger partial charge < -0.3 is 24.4 Å². The number of esters is 1. The highest BCUT2D eigenvalue weighted by molar-refractivity contribution is 7.20. The number of aromatic nitrogens is 2. The largest absolute Gasteiger partial charge is 0.462 e. The lowest BCUT2D eigenvalue weighted by molar-refractivity contribution is -0.922. The fraction of sp³-hybridized carbons (Fsp3) is 0.611. The number of hydrogen-bond acceptors (Lipinski definition) is 8. The van der Waals surface area contributed by atoms with E-state index < -0.39 is 0 Å². The van der Waals surface area contributed by atoms with Gasteiger partial charge in [0.25, 0.3) is 0 Å². The first-order valence-corrected chi connectivity index (χ1v) is 10.1. The molecule has 1 fully saturated rings. The molecule has 148 valence electrons. The van der Waals surface area contributed by atoms with Crippen molar-refractivity contribution in [3.8, 4) is 0 Å². The Kier molecular flexibility index (Phi) is 6.95. The molecule has 0 saturated carbocycles. The van der Waals surface area contributed by atoms with Crippen molar-refractivity contribution < 1.29 is 23.9 Å². The van der Waals surface area contributed by atoms with Crippen molar-refractivity contribution in [3.05, 3.63) is 16.3 Å². The van der Waals surface area contributed by atoms with Gasteiger partial charge in [0.2, 0.25) is 0 Å². The van der Waals surface area contributed by atoms with Crippen molar-refractivity contribution in [1.29, 1.82) is 0 Å². The zero-order valence-electron chi connectivity index (χ0n) is 16.1. The zero-order valence-corrected chi connectivity index (χ0v) is 16.9. The van der Waals surface area contributed by atoms with E-state index in [-0.39, 0.29) is 5.97 Å². The van der Waals surface area contributed by atoms with E-state index in [1.54, 1.807) is 14.0 Å². The number of carbonyl (C=O) groups excluding carboxylic acids is 1. The molecule has 0 bridgehead atoms. The van der Waals surface area contributed by atoms with E-state index in [0.717, 1.165) is 60.3 Å². The van der Waals surface area contributed by atoms with E-state index >= 15 is 0 Å². The summed E-state index contributed by atoms with van der Waals surface area (Å²) in [5.74, 6) is 1.22. The minimum Gasteiger partial charge on any atom is -0.462 e. The highest BCUT2D eigenvalue weighted by Crippen LogP contribution is 2.34. The lowest BCUT2D eigenvalue weighted by Gasteiger charge is -2.23. The maximum absolute atomic E-state index is 12.3. The molecule has 1 saturated heterocycles. The molecule has 0 aromatic carbocycles. The number of anilines is 1. The van der Waals surface area contributed by atoms with Gasteiger partial charge in [-0.2, -0.15) is 0 Å². The second-order valence-corrected chi connectivity index (χ2v) is 7.40. The summed E-state index contributed by atoms with van der Waals surface area (Å²) >= 11 is 1.37. The summed E-state index contributed by atoms with van der Waals surface area (Å²) in [6.45, 7) is 9.46. The third-order valence-electron chi connectivity index (χ3n) is 4.50. The molecule has 27 heavy (non-hydrogen) atoms. The Balaban J connectivity index is 1.95. The SMILES string of the molecule is CCOC(=O)c1sc2nc(C[NH+]3CCOCC3)nc(NCCOC)c2c1C. The lowest BCUT2D eigenvalue weighted by atomic mass is 10.2. The summed E-state index contributed by atoms with van der Waals surface area (Å²) in [5, 5.41) is 4.22. The number of hydrogen-bond donors (Lipinski definition) is 2. The monoisotopic (exact) mass is 395 g/mol. The molecular weight excluding hydrogens is 368 g/mol. The summed E-state index contributed by atoms with van der Waals surface area (Å²) < 4.78 is 15.8. The van der Waals surface area contributed by atoms with E-state index in [1.807, 2.05) is 6.92 Å². The van der Waals surface area contributed by atoms with Crippen LogP contribution in [0.1, 0.15) is 28.0 Å². The molecule has 0 radical (unpaired) electrons. The van der Waals surface area contributed by atoms with E-state index in [1.165, 1.54) is 16.2 Å². The molecule has 0 spiro atoms. The summed E-state index contributed by atoms with van der Waals surface area (Å²) in [6.07, 6.45) is 0. The maximum Gasteiger partial charge on any atom is 0.348 e. The summed E-state index contributed by atoms with van der Waals surface area (Å²) in [5.41, 5.74) is 0.860. The number of nitrogens with zero attached hydrogens (tertiary/aromatic N) is 2. The molecule has 3 rings (SSSR count). The predicted octanol–water partition coefficient (Wildman–Crippen LogP) is 0.650. The van der Waals surface area contributed by atoms with Crippen LogP contribution < -0.4 is 10.2 Å². The van der Waals surface area contributed by atoms with E-state index in [2.05, 4.69) is 5.32 Å². The molecule has 0 amide bonds. The summed E-state index contributed by atoms with van der Waals surface area (Å²) in [7, 11) is 1.67. The van der Waals surface area contributed by atoms with Gasteiger partial charge in [0.15, 0.2) is 5.82 Å². The topological polar surface area (TPSA) is 87.0 Å². The van der Waals surface area contributed by atoms with Gasteiger partial charge in [-0.1, -0.05) is 0 Å². The number of nitrogens with one attached hydrogen (secondary N) is 2. The van der Waals surface area contributed by atoms with Gasteiger partial charge in [-0.3, -0.25) is 0 Å². The molecule has 1 aliphatic rings. The van der Waals surface area contributed by atoms with Crippen LogP contribution in [0, 0.1) is 6.92 Å². The van der Waals surface area contributed by atoms with Gasteiger partial charge in [-0.15, -0.1) is 11.3 Å². The van der Waals surface area contributed by atoms with Gasteiger partial charge in [-0.25, -0.2) is 14.8 Å².